The van der Waals surface area contributed by atoms with E-state index in [0.29, 0.717) is 17.9 Å². The third-order valence-corrected chi connectivity index (χ3v) is 4.11. The van der Waals surface area contributed by atoms with Crippen LogP contribution in [0.3, 0.4) is 0 Å². The fourth-order valence-corrected chi connectivity index (χ4v) is 2.62. The van der Waals surface area contributed by atoms with E-state index < -0.39 is 0 Å². The van der Waals surface area contributed by atoms with Crippen LogP contribution < -0.4 is 5.32 Å². The van der Waals surface area contributed by atoms with Gasteiger partial charge in [-0.05, 0) is 26.4 Å². The van der Waals surface area contributed by atoms with Crippen LogP contribution >= 0.6 is 0 Å². The number of likely N-dealkylation sites (N-methyl/N-ethyl adjacent to an activating group) is 1. The number of hydrogen-bond acceptors (Lipinski definition) is 3. The van der Waals surface area contributed by atoms with E-state index in [-0.39, 0.29) is 5.92 Å². The van der Waals surface area contributed by atoms with Gasteiger partial charge in [-0.25, -0.2) is 0 Å². The maximum atomic E-state index is 12.3. The van der Waals surface area contributed by atoms with Gasteiger partial charge in [0.1, 0.15) is 0 Å². The summed E-state index contributed by atoms with van der Waals surface area (Å²) < 4.78 is 0. The molecule has 2 aliphatic rings. The number of rotatable bonds is 1. The normalized spacial score (nSPS) is 36.7. The first-order valence-corrected chi connectivity index (χ1v) is 6.29. The maximum absolute atomic E-state index is 12.3. The van der Waals surface area contributed by atoms with Crippen molar-refractivity contribution in [2.45, 2.75) is 19.9 Å². The molecule has 2 heterocycles. The van der Waals surface area contributed by atoms with Crippen molar-refractivity contribution in [3.8, 4) is 0 Å². The van der Waals surface area contributed by atoms with Crippen molar-refractivity contribution in [2.75, 3.05) is 39.8 Å². The van der Waals surface area contributed by atoms with Crippen LogP contribution in [0.4, 0.5) is 0 Å². The van der Waals surface area contributed by atoms with Crippen molar-refractivity contribution >= 4 is 5.91 Å². The molecule has 4 nitrogen and oxygen atoms in total. The molecule has 0 radical (unpaired) electrons. The summed E-state index contributed by atoms with van der Waals surface area (Å²) in [6.07, 6.45) is 0. The second kappa shape index (κ2) is 4.72. The van der Waals surface area contributed by atoms with Gasteiger partial charge in [-0.3, -0.25) is 4.79 Å². The van der Waals surface area contributed by atoms with E-state index in [4.69, 9.17) is 0 Å². The lowest BCUT2D eigenvalue weighted by molar-refractivity contribution is -0.138. The van der Waals surface area contributed by atoms with Gasteiger partial charge in [-0.1, -0.05) is 6.92 Å². The first-order valence-electron chi connectivity index (χ1n) is 6.29. The van der Waals surface area contributed by atoms with E-state index in [1.54, 1.807) is 0 Å². The zero-order chi connectivity index (χ0) is 11.7. The van der Waals surface area contributed by atoms with E-state index in [1.165, 1.54) is 0 Å². The number of amides is 1. The molecule has 1 amide bonds. The Morgan fingerprint density at radius 3 is 2.56 bits per heavy atom. The molecule has 2 fully saturated rings. The van der Waals surface area contributed by atoms with Crippen LogP contribution in [0.25, 0.3) is 0 Å². The zero-order valence-electron chi connectivity index (χ0n) is 10.6. The van der Waals surface area contributed by atoms with E-state index in [9.17, 15) is 4.79 Å². The summed E-state index contributed by atoms with van der Waals surface area (Å²) in [6, 6.07) is 0.488. The number of carbonyl (C=O) groups is 1. The summed E-state index contributed by atoms with van der Waals surface area (Å²) in [5.41, 5.74) is 0. The monoisotopic (exact) mass is 225 g/mol. The highest BCUT2D eigenvalue weighted by Gasteiger charge is 2.34. The summed E-state index contributed by atoms with van der Waals surface area (Å²) in [7, 11) is 2.13. The van der Waals surface area contributed by atoms with Crippen molar-refractivity contribution in [3.63, 3.8) is 0 Å². The molecule has 3 unspecified atom stereocenters. The van der Waals surface area contributed by atoms with Crippen molar-refractivity contribution in [3.05, 3.63) is 0 Å². The number of hydrogen-bond donors (Lipinski definition) is 1. The molecule has 16 heavy (non-hydrogen) atoms. The Bertz CT molecular complexity index is 269. The third kappa shape index (κ3) is 2.23. The molecule has 0 aromatic carbocycles. The Hall–Kier alpha value is -0.610. The van der Waals surface area contributed by atoms with Gasteiger partial charge in [-0.2, -0.15) is 0 Å². The van der Waals surface area contributed by atoms with Crippen LogP contribution in [-0.4, -0.2) is 61.5 Å². The van der Waals surface area contributed by atoms with Crippen LogP contribution in [0.2, 0.25) is 0 Å². The largest absolute Gasteiger partial charge is 0.340 e. The van der Waals surface area contributed by atoms with Crippen molar-refractivity contribution < 1.29 is 4.79 Å². The Balaban J connectivity index is 1.95. The Kier molecular flexibility index (Phi) is 3.50. The van der Waals surface area contributed by atoms with Gasteiger partial charge in [0.2, 0.25) is 5.91 Å². The predicted octanol–water partition coefficient (Wildman–Crippen LogP) is 0.00440. The summed E-state index contributed by atoms with van der Waals surface area (Å²) in [6.45, 7) is 8.99. The highest BCUT2D eigenvalue weighted by molar-refractivity contribution is 5.80. The molecular formula is C12H23N3O. The molecule has 2 saturated heterocycles. The summed E-state index contributed by atoms with van der Waals surface area (Å²) in [5, 5.41) is 3.30. The lowest BCUT2D eigenvalue weighted by Gasteiger charge is -2.39. The molecule has 4 heteroatoms. The van der Waals surface area contributed by atoms with Crippen LogP contribution in [0.1, 0.15) is 13.8 Å². The second-order valence-electron chi connectivity index (χ2n) is 5.36. The Morgan fingerprint density at radius 1 is 1.25 bits per heavy atom. The zero-order valence-corrected chi connectivity index (χ0v) is 10.6. The smallest absolute Gasteiger partial charge is 0.227 e. The van der Waals surface area contributed by atoms with Crippen molar-refractivity contribution in [1.82, 2.24) is 15.1 Å². The molecule has 0 spiro atoms. The molecule has 2 aliphatic heterocycles. The maximum Gasteiger partial charge on any atom is 0.227 e. The minimum absolute atomic E-state index is 0.204. The van der Waals surface area contributed by atoms with Crippen molar-refractivity contribution in [2.24, 2.45) is 11.8 Å². The topological polar surface area (TPSA) is 35.6 Å². The molecule has 1 N–H and O–H groups in total. The van der Waals surface area contributed by atoms with Gasteiger partial charge in [-0.15, -0.1) is 0 Å². The van der Waals surface area contributed by atoms with Gasteiger partial charge < -0.3 is 15.1 Å². The molecular weight excluding hydrogens is 202 g/mol. The number of carbonyl (C=O) groups excluding carboxylic acids is 1. The van der Waals surface area contributed by atoms with Crippen LogP contribution in [0.5, 0.6) is 0 Å². The quantitative estimate of drug-likeness (QED) is 0.682. The fourth-order valence-electron chi connectivity index (χ4n) is 2.62. The molecule has 2 rings (SSSR count). The predicted molar refractivity (Wildman–Crippen MR) is 64.2 cm³/mol. The molecule has 0 aromatic rings. The minimum Gasteiger partial charge on any atom is -0.340 e. The van der Waals surface area contributed by atoms with Gasteiger partial charge in [0, 0.05) is 32.2 Å². The van der Waals surface area contributed by atoms with Crippen molar-refractivity contribution in [1.29, 1.82) is 0 Å². The molecule has 0 aromatic heterocycles. The van der Waals surface area contributed by atoms with Crippen LogP contribution in [0, 0.1) is 11.8 Å². The van der Waals surface area contributed by atoms with Crippen LogP contribution in [-0.2, 0) is 4.79 Å². The van der Waals surface area contributed by atoms with Gasteiger partial charge >= 0.3 is 0 Å². The number of nitrogens with zero attached hydrogens (tertiary/aromatic N) is 2. The third-order valence-electron chi connectivity index (χ3n) is 4.11. The summed E-state index contributed by atoms with van der Waals surface area (Å²) in [4.78, 5) is 16.7. The highest BCUT2D eigenvalue weighted by atomic mass is 16.2. The van der Waals surface area contributed by atoms with E-state index >= 15 is 0 Å². The minimum atomic E-state index is 0.204. The first-order chi connectivity index (χ1) is 7.59. The SMILES string of the molecule is CC1CNCC1C(=O)N1CCN(C)C(C)C1. The van der Waals surface area contributed by atoms with E-state index in [0.717, 1.165) is 32.7 Å². The second-order valence-corrected chi connectivity index (χ2v) is 5.36. The standard InChI is InChI=1S/C12H23N3O/c1-9-6-13-7-11(9)12(16)15-5-4-14(3)10(2)8-15/h9-11,13H,4-8H2,1-3H3. The lowest BCUT2D eigenvalue weighted by atomic mass is 9.96. The summed E-state index contributed by atoms with van der Waals surface area (Å²) >= 11 is 0. The van der Waals surface area contributed by atoms with E-state index in [1.807, 2.05) is 0 Å². The van der Waals surface area contributed by atoms with E-state index in [2.05, 4.69) is 36.0 Å². The molecule has 0 saturated carbocycles. The lowest BCUT2D eigenvalue weighted by Crippen LogP contribution is -2.54. The first kappa shape index (κ1) is 11.9. The van der Waals surface area contributed by atoms with Crippen LogP contribution in [0.15, 0.2) is 0 Å². The highest BCUT2D eigenvalue weighted by Crippen LogP contribution is 2.20. The molecule has 3 atom stereocenters. The fraction of sp³-hybridized carbons (Fsp3) is 0.917. The number of piperazine rings is 1. The Morgan fingerprint density at radius 2 is 2.00 bits per heavy atom. The van der Waals surface area contributed by atoms with Gasteiger partial charge in [0.25, 0.3) is 0 Å². The van der Waals surface area contributed by atoms with Gasteiger partial charge in [0.05, 0.1) is 5.92 Å². The Labute approximate surface area is 98.0 Å². The molecule has 0 aliphatic carbocycles. The summed E-state index contributed by atoms with van der Waals surface area (Å²) in [5.74, 6) is 1.05. The number of nitrogens with one attached hydrogen (secondary N) is 1. The average molecular weight is 225 g/mol. The van der Waals surface area contributed by atoms with Gasteiger partial charge in [0.15, 0.2) is 0 Å². The molecule has 92 valence electrons. The average Bonchev–Trinajstić information content (AvgIpc) is 2.67. The molecule has 0 bridgehead atoms.